The van der Waals surface area contributed by atoms with E-state index in [0.717, 1.165) is 17.4 Å². The van der Waals surface area contributed by atoms with E-state index in [1.54, 1.807) is 24.5 Å². The number of anilines is 2. The predicted molar refractivity (Wildman–Crippen MR) is 104 cm³/mol. The molecule has 6 nitrogen and oxygen atoms in total. The summed E-state index contributed by atoms with van der Waals surface area (Å²) in [5.74, 6) is 0.678. The number of hydrogen-bond donors (Lipinski definition) is 2. The molecule has 3 aromatic rings. The SMILES string of the molecule is CC(Nc1cncc(-c2ccc(NS(C)(=O)=O)cc2)n1)c1ccccc1. The number of rotatable bonds is 6. The van der Waals surface area contributed by atoms with Crippen LogP contribution in [0.5, 0.6) is 0 Å². The van der Waals surface area contributed by atoms with Gasteiger partial charge in [0.25, 0.3) is 0 Å². The molecule has 0 aliphatic carbocycles. The van der Waals surface area contributed by atoms with E-state index in [2.05, 4.69) is 39.1 Å². The van der Waals surface area contributed by atoms with Crippen LogP contribution in [0.25, 0.3) is 11.3 Å². The largest absolute Gasteiger partial charge is 0.362 e. The van der Waals surface area contributed by atoms with Crippen molar-refractivity contribution in [2.75, 3.05) is 16.3 Å². The van der Waals surface area contributed by atoms with Gasteiger partial charge in [-0.15, -0.1) is 0 Å². The Morgan fingerprint density at radius 1 is 0.962 bits per heavy atom. The molecule has 0 fully saturated rings. The second-order valence-electron chi connectivity index (χ2n) is 6.02. The second-order valence-corrected chi connectivity index (χ2v) is 7.77. The minimum atomic E-state index is -3.29. The highest BCUT2D eigenvalue weighted by atomic mass is 32.2. The van der Waals surface area contributed by atoms with E-state index in [9.17, 15) is 8.42 Å². The Morgan fingerprint density at radius 3 is 2.31 bits per heavy atom. The zero-order chi connectivity index (χ0) is 18.6. The van der Waals surface area contributed by atoms with Crippen LogP contribution in [0.3, 0.4) is 0 Å². The van der Waals surface area contributed by atoms with Gasteiger partial charge in [0.2, 0.25) is 10.0 Å². The van der Waals surface area contributed by atoms with Crippen molar-refractivity contribution in [2.45, 2.75) is 13.0 Å². The van der Waals surface area contributed by atoms with Crippen LogP contribution >= 0.6 is 0 Å². The van der Waals surface area contributed by atoms with E-state index >= 15 is 0 Å². The fourth-order valence-electron chi connectivity index (χ4n) is 2.54. The summed E-state index contributed by atoms with van der Waals surface area (Å²) in [7, 11) is -3.29. The number of nitrogens with one attached hydrogen (secondary N) is 2. The van der Waals surface area contributed by atoms with Crippen molar-refractivity contribution in [3.05, 3.63) is 72.6 Å². The Bertz CT molecular complexity index is 974. The van der Waals surface area contributed by atoms with Gasteiger partial charge in [0, 0.05) is 17.3 Å². The molecule has 0 aliphatic rings. The fraction of sp³-hybridized carbons (Fsp3) is 0.158. The van der Waals surface area contributed by atoms with E-state index in [0.29, 0.717) is 17.2 Å². The molecule has 0 saturated carbocycles. The molecule has 0 spiro atoms. The normalized spacial score (nSPS) is 12.4. The Kier molecular flexibility index (Phi) is 5.18. The maximum atomic E-state index is 11.3. The molecule has 1 atom stereocenters. The summed E-state index contributed by atoms with van der Waals surface area (Å²) in [4.78, 5) is 8.85. The van der Waals surface area contributed by atoms with Crippen molar-refractivity contribution in [3.63, 3.8) is 0 Å². The first-order valence-corrected chi connectivity index (χ1v) is 10.0. The summed E-state index contributed by atoms with van der Waals surface area (Å²) < 4.78 is 25.0. The molecule has 0 bridgehead atoms. The Hall–Kier alpha value is -2.93. The molecule has 3 rings (SSSR count). The zero-order valence-electron chi connectivity index (χ0n) is 14.5. The first kappa shape index (κ1) is 17.9. The van der Waals surface area contributed by atoms with Crippen molar-refractivity contribution in [1.29, 1.82) is 0 Å². The third kappa shape index (κ3) is 4.80. The molecule has 0 radical (unpaired) electrons. The third-order valence-corrected chi connectivity index (χ3v) is 4.39. The van der Waals surface area contributed by atoms with Crippen molar-refractivity contribution < 1.29 is 8.42 Å². The van der Waals surface area contributed by atoms with Gasteiger partial charge in [-0.1, -0.05) is 42.5 Å². The molecule has 2 aromatic carbocycles. The number of benzene rings is 2. The topological polar surface area (TPSA) is 84.0 Å². The predicted octanol–water partition coefficient (Wildman–Crippen LogP) is 3.69. The van der Waals surface area contributed by atoms with Gasteiger partial charge in [0.1, 0.15) is 5.82 Å². The highest BCUT2D eigenvalue weighted by molar-refractivity contribution is 7.92. The maximum Gasteiger partial charge on any atom is 0.229 e. The van der Waals surface area contributed by atoms with E-state index < -0.39 is 10.0 Å². The van der Waals surface area contributed by atoms with Gasteiger partial charge in [0.05, 0.1) is 24.3 Å². The van der Waals surface area contributed by atoms with E-state index in [-0.39, 0.29) is 6.04 Å². The van der Waals surface area contributed by atoms with Crippen LogP contribution in [0.4, 0.5) is 11.5 Å². The fourth-order valence-corrected chi connectivity index (χ4v) is 3.11. The Balaban J connectivity index is 1.77. The quantitative estimate of drug-likeness (QED) is 0.693. The smallest absolute Gasteiger partial charge is 0.229 e. The lowest BCUT2D eigenvalue weighted by Crippen LogP contribution is -2.09. The summed E-state index contributed by atoms with van der Waals surface area (Å²) in [5.41, 5.74) is 3.24. The zero-order valence-corrected chi connectivity index (χ0v) is 15.4. The summed E-state index contributed by atoms with van der Waals surface area (Å²) in [6.07, 6.45) is 4.48. The summed E-state index contributed by atoms with van der Waals surface area (Å²) in [6, 6.07) is 17.2. The Morgan fingerprint density at radius 2 is 1.65 bits per heavy atom. The monoisotopic (exact) mass is 368 g/mol. The van der Waals surface area contributed by atoms with Crippen LogP contribution in [0.1, 0.15) is 18.5 Å². The van der Waals surface area contributed by atoms with Crippen molar-refractivity contribution in [3.8, 4) is 11.3 Å². The van der Waals surface area contributed by atoms with Crippen LogP contribution in [-0.4, -0.2) is 24.6 Å². The molecule has 1 aromatic heterocycles. The summed E-state index contributed by atoms with van der Waals surface area (Å²) in [6.45, 7) is 2.06. The van der Waals surface area contributed by atoms with E-state index in [1.165, 1.54) is 0 Å². The van der Waals surface area contributed by atoms with Crippen molar-refractivity contribution >= 4 is 21.5 Å². The molecule has 2 N–H and O–H groups in total. The standard InChI is InChI=1S/C19H20N4O2S/c1-14(15-6-4-3-5-7-15)21-19-13-20-12-18(22-19)16-8-10-17(11-9-16)23-26(2,24)25/h3-14,23H,1-2H3,(H,21,22). The van der Waals surface area contributed by atoms with Gasteiger partial charge in [-0.25, -0.2) is 13.4 Å². The lowest BCUT2D eigenvalue weighted by atomic mass is 10.1. The minimum Gasteiger partial charge on any atom is -0.362 e. The lowest BCUT2D eigenvalue weighted by Gasteiger charge is -2.15. The molecule has 1 heterocycles. The maximum absolute atomic E-state index is 11.3. The van der Waals surface area contributed by atoms with E-state index in [1.807, 2.05) is 30.3 Å². The van der Waals surface area contributed by atoms with Crippen LogP contribution < -0.4 is 10.0 Å². The van der Waals surface area contributed by atoms with Crippen LogP contribution in [0, 0.1) is 0 Å². The molecule has 26 heavy (non-hydrogen) atoms. The van der Waals surface area contributed by atoms with Gasteiger partial charge in [-0.2, -0.15) is 0 Å². The highest BCUT2D eigenvalue weighted by Crippen LogP contribution is 2.22. The van der Waals surface area contributed by atoms with Gasteiger partial charge in [0.15, 0.2) is 0 Å². The van der Waals surface area contributed by atoms with Crippen LogP contribution in [0.2, 0.25) is 0 Å². The van der Waals surface area contributed by atoms with Gasteiger partial charge in [-0.3, -0.25) is 9.71 Å². The van der Waals surface area contributed by atoms with Crippen molar-refractivity contribution in [1.82, 2.24) is 9.97 Å². The van der Waals surface area contributed by atoms with E-state index in [4.69, 9.17) is 0 Å². The molecule has 7 heteroatoms. The van der Waals surface area contributed by atoms with Gasteiger partial charge in [-0.05, 0) is 24.6 Å². The first-order valence-electron chi connectivity index (χ1n) is 8.12. The molecule has 134 valence electrons. The number of hydrogen-bond acceptors (Lipinski definition) is 5. The molecular weight excluding hydrogens is 348 g/mol. The first-order chi connectivity index (χ1) is 12.4. The number of sulfonamides is 1. The third-order valence-electron chi connectivity index (χ3n) is 3.78. The van der Waals surface area contributed by atoms with Gasteiger partial charge >= 0.3 is 0 Å². The minimum absolute atomic E-state index is 0.0992. The van der Waals surface area contributed by atoms with Crippen molar-refractivity contribution in [2.24, 2.45) is 0 Å². The molecule has 0 aliphatic heterocycles. The molecule has 0 saturated heterocycles. The Labute approximate surface area is 153 Å². The van der Waals surface area contributed by atoms with Crippen LogP contribution in [-0.2, 0) is 10.0 Å². The van der Waals surface area contributed by atoms with Crippen LogP contribution in [0.15, 0.2) is 67.0 Å². The van der Waals surface area contributed by atoms with Gasteiger partial charge < -0.3 is 5.32 Å². The number of aromatic nitrogens is 2. The summed E-state index contributed by atoms with van der Waals surface area (Å²) in [5, 5.41) is 3.35. The lowest BCUT2D eigenvalue weighted by molar-refractivity contribution is 0.607. The summed E-state index contributed by atoms with van der Waals surface area (Å²) >= 11 is 0. The number of nitrogens with zero attached hydrogens (tertiary/aromatic N) is 2. The molecule has 1 unspecified atom stereocenters. The average molecular weight is 368 g/mol. The highest BCUT2D eigenvalue weighted by Gasteiger charge is 2.08. The average Bonchev–Trinajstić information content (AvgIpc) is 2.62. The molecular formula is C19H20N4O2S. The molecule has 0 amide bonds. The second kappa shape index (κ2) is 7.53.